The van der Waals surface area contributed by atoms with Crippen molar-refractivity contribution in [1.82, 2.24) is 15.2 Å². The molecule has 24 heavy (non-hydrogen) atoms. The van der Waals surface area contributed by atoms with Gasteiger partial charge in [-0.25, -0.2) is 0 Å². The second-order valence-corrected chi connectivity index (χ2v) is 5.82. The molecule has 122 valence electrons. The SMILES string of the molecule is OCc1ccc(CCc2ccc(CCc3ccccc3)nn2)nc1. The van der Waals surface area contributed by atoms with E-state index in [1.165, 1.54) is 5.56 Å². The Morgan fingerprint density at radius 2 is 1.25 bits per heavy atom. The van der Waals surface area contributed by atoms with Gasteiger partial charge in [-0.05, 0) is 55.0 Å². The number of aliphatic hydroxyl groups excluding tert-OH is 1. The number of nitrogens with zero attached hydrogens (tertiary/aromatic N) is 3. The van der Waals surface area contributed by atoms with Crippen LogP contribution in [0.1, 0.15) is 28.2 Å². The van der Waals surface area contributed by atoms with Gasteiger partial charge in [0, 0.05) is 11.9 Å². The Hall–Kier alpha value is -2.59. The van der Waals surface area contributed by atoms with Crippen molar-refractivity contribution in [2.24, 2.45) is 0 Å². The number of aliphatic hydroxyl groups is 1. The molecule has 0 spiro atoms. The number of hydrogen-bond acceptors (Lipinski definition) is 4. The van der Waals surface area contributed by atoms with Crippen molar-refractivity contribution in [3.8, 4) is 0 Å². The maximum absolute atomic E-state index is 9.02. The third-order valence-electron chi connectivity index (χ3n) is 3.99. The molecule has 4 nitrogen and oxygen atoms in total. The van der Waals surface area contributed by atoms with Gasteiger partial charge in [0.1, 0.15) is 0 Å². The molecule has 1 aromatic carbocycles. The Labute approximate surface area is 142 Å². The van der Waals surface area contributed by atoms with Crippen LogP contribution in [0.15, 0.2) is 60.8 Å². The molecular weight excluding hydrogens is 298 g/mol. The van der Waals surface area contributed by atoms with Gasteiger partial charge in [0.05, 0.1) is 18.0 Å². The van der Waals surface area contributed by atoms with Crippen LogP contribution in [0, 0.1) is 0 Å². The van der Waals surface area contributed by atoms with Gasteiger partial charge in [0.15, 0.2) is 0 Å². The van der Waals surface area contributed by atoms with E-state index < -0.39 is 0 Å². The quantitative estimate of drug-likeness (QED) is 0.727. The maximum atomic E-state index is 9.02. The molecule has 0 atom stereocenters. The molecule has 2 heterocycles. The largest absolute Gasteiger partial charge is 0.392 e. The van der Waals surface area contributed by atoms with E-state index in [1.54, 1.807) is 6.20 Å². The summed E-state index contributed by atoms with van der Waals surface area (Å²) >= 11 is 0. The zero-order chi connectivity index (χ0) is 16.6. The van der Waals surface area contributed by atoms with Gasteiger partial charge >= 0.3 is 0 Å². The van der Waals surface area contributed by atoms with E-state index in [2.05, 4.69) is 51.6 Å². The summed E-state index contributed by atoms with van der Waals surface area (Å²) in [5, 5.41) is 17.7. The average Bonchev–Trinajstić information content (AvgIpc) is 2.67. The topological polar surface area (TPSA) is 58.9 Å². The molecule has 0 unspecified atom stereocenters. The number of hydrogen-bond donors (Lipinski definition) is 1. The first-order valence-corrected chi connectivity index (χ1v) is 8.23. The summed E-state index contributed by atoms with van der Waals surface area (Å²) in [5.74, 6) is 0. The number of pyridine rings is 1. The molecule has 0 aliphatic carbocycles. The van der Waals surface area contributed by atoms with Crippen LogP contribution in [0.3, 0.4) is 0 Å². The summed E-state index contributed by atoms with van der Waals surface area (Å²) in [6.07, 6.45) is 5.24. The molecule has 1 N–H and O–H groups in total. The van der Waals surface area contributed by atoms with Gasteiger partial charge in [-0.15, -0.1) is 0 Å². The van der Waals surface area contributed by atoms with Crippen LogP contribution >= 0.6 is 0 Å². The average molecular weight is 319 g/mol. The monoisotopic (exact) mass is 319 g/mol. The lowest BCUT2D eigenvalue weighted by Crippen LogP contribution is -2.02. The molecule has 2 aromatic heterocycles. The fraction of sp³-hybridized carbons (Fsp3) is 0.250. The van der Waals surface area contributed by atoms with Crippen LogP contribution in [-0.4, -0.2) is 20.3 Å². The van der Waals surface area contributed by atoms with E-state index in [1.807, 2.05) is 18.2 Å². The molecule has 0 aliphatic rings. The van der Waals surface area contributed by atoms with E-state index in [9.17, 15) is 0 Å². The van der Waals surface area contributed by atoms with Crippen LogP contribution in [-0.2, 0) is 32.3 Å². The minimum absolute atomic E-state index is 0.0310. The number of aromatic nitrogens is 3. The minimum atomic E-state index is 0.0310. The van der Waals surface area contributed by atoms with Crippen molar-refractivity contribution in [2.75, 3.05) is 0 Å². The van der Waals surface area contributed by atoms with Crippen molar-refractivity contribution < 1.29 is 5.11 Å². The van der Waals surface area contributed by atoms with E-state index in [4.69, 9.17) is 5.11 Å². The first kappa shape index (κ1) is 16.3. The third-order valence-corrected chi connectivity index (χ3v) is 3.99. The van der Waals surface area contributed by atoms with Gasteiger partial charge in [-0.2, -0.15) is 10.2 Å². The summed E-state index contributed by atoms with van der Waals surface area (Å²) in [6, 6.07) is 18.4. The fourth-order valence-electron chi connectivity index (χ4n) is 2.52. The minimum Gasteiger partial charge on any atom is -0.392 e. The highest BCUT2D eigenvalue weighted by atomic mass is 16.3. The van der Waals surface area contributed by atoms with E-state index >= 15 is 0 Å². The van der Waals surface area contributed by atoms with Crippen LogP contribution in [0.4, 0.5) is 0 Å². The standard InChI is InChI=1S/C20H21N3O/c24-15-17-7-8-18(21-14-17)10-11-20-13-12-19(22-23-20)9-6-16-4-2-1-3-5-16/h1-5,7-8,12-14,24H,6,9-11,15H2. The molecule has 0 amide bonds. The van der Waals surface area contributed by atoms with E-state index in [0.29, 0.717) is 0 Å². The molecule has 0 saturated carbocycles. The second-order valence-electron chi connectivity index (χ2n) is 5.82. The second kappa shape index (κ2) is 8.31. The molecule has 0 radical (unpaired) electrons. The van der Waals surface area contributed by atoms with Crippen molar-refractivity contribution in [3.05, 3.63) is 89.0 Å². The first-order valence-electron chi connectivity index (χ1n) is 8.23. The van der Waals surface area contributed by atoms with Gasteiger partial charge < -0.3 is 5.11 Å². The smallest absolute Gasteiger partial charge is 0.0696 e. The summed E-state index contributed by atoms with van der Waals surface area (Å²) in [7, 11) is 0. The normalized spacial score (nSPS) is 10.7. The highest BCUT2D eigenvalue weighted by molar-refractivity contribution is 5.17. The molecular formula is C20H21N3O. The van der Waals surface area contributed by atoms with Crippen LogP contribution in [0.25, 0.3) is 0 Å². The first-order chi connectivity index (χ1) is 11.8. The maximum Gasteiger partial charge on any atom is 0.0696 e. The van der Waals surface area contributed by atoms with E-state index in [0.717, 1.165) is 48.3 Å². The van der Waals surface area contributed by atoms with Crippen molar-refractivity contribution in [3.63, 3.8) is 0 Å². The molecule has 3 aromatic rings. The van der Waals surface area contributed by atoms with Gasteiger partial charge in [-0.1, -0.05) is 36.4 Å². The summed E-state index contributed by atoms with van der Waals surface area (Å²) < 4.78 is 0. The Kier molecular flexibility index (Phi) is 5.64. The number of rotatable bonds is 7. The lowest BCUT2D eigenvalue weighted by Gasteiger charge is -2.04. The summed E-state index contributed by atoms with van der Waals surface area (Å²) in [5.41, 5.74) is 5.16. The van der Waals surface area contributed by atoms with Crippen LogP contribution in [0.5, 0.6) is 0 Å². The molecule has 0 aliphatic heterocycles. The summed E-state index contributed by atoms with van der Waals surface area (Å²) in [4.78, 5) is 4.34. The Balaban J connectivity index is 1.50. The van der Waals surface area contributed by atoms with Gasteiger partial charge in [0.25, 0.3) is 0 Å². The van der Waals surface area contributed by atoms with Crippen molar-refractivity contribution >= 4 is 0 Å². The molecule has 0 saturated heterocycles. The summed E-state index contributed by atoms with van der Waals surface area (Å²) in [6.45, 7) is 0.0310. The zero-order valence-corrected chi connectivity index (χ0v) is 13.6. The van der Waals surface area contributed by atoms with Gasteiger partial charge in [0.2, 0.25) is 0 Å². The van der Waals surface area contributed by atoms with Crippen molar-refractivity contribution in [2.45, 2.75) is 32.3 Å². The Bertz CT molecular complexity index is 740. The zero-order valence-electron chi connectivity index (χ0n) is 13.6. The molecule has 3 rings (SSSR count). The lowest BCUT2D eigenvalue weighted by atomic mass is 10.1. The number of aryl methyl sites for hydroxylation is 4. The highest BCUT2D eigenvalue weighted by Gasteiger charge is 2.02. The molecule has 0 bridgehead atoms. The predicted molar refractivity (Wildman–Crippen MR) is 93.4 cm³/mol. The van der Waals surface area contributed by atoms with E-state index in [-0.39, 0.29) is 6.61 Å². The third kappa shape index (κ3) is 4.70. The predicted octanol–water partition coefficient (Wildman–Crippen LogP) is 2.93. The fourth-order valence-corrected chi connectivity index (χ4v) is 2.52. The highest BCUT2D eigenvalue weighted by Crippen LogP contribution is 2.07. The Morgan fingerprint density at radius 3 is 1.83 bits per heavy atom. The Morgan fingerprint density at radius 1 is 0.625 bits per heavy atom. The number of benzene rings is 1. The van der Waals surface area contributed by atoms with Crippen LogP contribution < -0.4 is 0 Å². The van der Waals surface area contributed by atoms with Crippen molar-refractivity contribution in [1.29, 1.82) is 0 Å². The van der Waals surface area contributed by atoms with Crippen LogP contribution in [0.2, 0.25) is 0 Å². The lowest BCUT2D eigenvalue weighted by molar-refractivity contribution is 0.281. The van der Waals surface area contributed by atoms with Gasteiger partial charge in [-0.3, -0.25) is 4.98 Å². The molecule has 4 heteroatoms. The molecule has 0 fully saturated rings.